The van der Waals surface area contributed by atoms with Crippen molar-refractivity contribution in [3.05, 3.63) is 16.4 Å². The highest BCUT2D eigenvalue weighted by molar-refractivity contribution is 5.54. The van der Waals surface area contributed by atoms with Crippen LogP contribution in [-0.4, -0.2) is 38.8 Å². The van der Waals surface area contributed by atoms with E-state index in [4.69, 9.17) is 0 Å². The number of imidazole rings is 1. The van der Waals surface area contributed by atoms with Crippen LogP contribution in [0.1, 0.15) is 13.8 Å². The van der Waals surface area contributed by atoms with Gasteiger partial charge in [0, 0.05) is 20.6 Å². The van der Waals surface area contributed by atoms with Crippen molar-refractivity contribution in [3.63, 3.8) is 0 Å². The summed E-state index contributed by atoms with van der Waals surface area (Å²) in [6.45, 7) is 3.57. The first kappa shape index (κ1) is 12.4. The Labute approximate surface area is 93.5 Å². The maximum atomic E-state index is 10.7. The van der Waals surface area contributed by atoms with Gasteiger partial charge in [0.1, 0.15) is 0 Å². The molecule has 0 aliphatic carbocycles. The van der Waals surface area contributed by atoms with Gasteiger partial charge < -0.3 is 20.1 Å². The molecule has 0 spiro atoms. The Morgan fingerprint density at radius 2 is 2.25 bits per heavy atom. The van der Waals surface area contributed by atoms with Crippen LogP contribution in [0.3, 0.4) is 0 Å². The molecular formula is C9H16N4O3. The van der Waals surface area contributed by atoms with Gasteiger partial charge in [0.05, 0.1) is 5.60 Å². The predicted molar refractivity (Wildman–Crippen MR) is 59.4 cm³/mol. The fourth-order valence-electron chi connectivity index (χ4n) is 1.64. The monoisotopic (exact) mass is 228 g/mol. The predicted octanol–water partition coefficient (Wildman–Crippen LogP) is 0.535. The lowest BCUT2D eigenvalue weighted by atomic mass is 10.1. The number of anilines is 1. The van der Waals surface area contributed by atoms with Crippen LogP contribution in [-0.2, 0) is 7.05 Å². The van der Waals surface area contributed by atoms with Crippen molar-refractivity contribution in [2.45, 2.75) is 19.4 Å². The molecular weight excluding hydrogens is 212 g/mol. The summed E-state index contributed by atoms with van der Waals surface area (Å²) in [5, 5.41) is 20.4. The molecule has 0 aliphatic rings. The maximum Gasteiger partial charge on any atom is 0.406 e. The number of aliphatic hydroxyl groups is 1. The molecule has 0 unspecified atom stereocenters. The molecule has 0 saturated heterocycles. The first-order valence-corrected chi connectivity index (χ1v) is 4.81. The van der Waals surface area contributed by atoms with Crippen molar-refractivity contribution < 1.29 is 10.0 Å². The van der Waals surface area contributed by atoms with E-state index >= 15 is 0 Å². The molecule has 0 bridgehead atoms. The smallest absolute Gasteiger partial charge is 0.389 e. The fourth-order valence-corrected chi connectivity index (χ4v) is 1.64. The first-order chi connectivity index (χ1) is 7.22. The van der Waals surface area contributed by atoms with E-state index in [1.807, 2.05) is 0 Å². The molecule has 1 rings (SSSR count). The molecule has 1 aromatic heterocycles. The average Bonchev–Trinajstić information content (AvgIpc) is 2.43. The molecule has 1 N–H and O–H groups in total. The van der Waals surface area contributed by atoms with Crippen LogP contribution >= 0.6 is 0 Å². The summed E-state index contributed by atoms with van der Waals surface area (Å²) in [4.78, 5) is 15.5. The van der Waals surface area contributed by atoms with E-state index < -0.39 is 10.5 Å². The summed E-state index contributed by atoms with van der Waals surface area (Å²) < 4.78 is 1.56. The standard InChI is InChI=1S/C9H16N4O3/c1-9(2,14)5-11(3)8-7(13(15)16)10-6-12(8)4/h6,14H,5H2,1-4H3. The summed E-state index contributed by atoms with van der Waals surface area (Å²) in [6, 6.07) is 0. The highest BCUT2D eigenvalue weighted by Crippen LogP contribution is 2.25. The van der Waals surface area contributed by atoms with E-state index in [2.05, 4.69) is 4.98 Å². The molecule has 0 amide bonds. The largest absolute Gasteiger partial charge is 0.406 e. The van der Waals surface area contributed by atoms with Crippen LogP contribution in [0.15, 0.2) is 6.33 Å². The third-order valence-corrected chi connectivity index (χ3v) is 2.05. The Hall–Kier alpha value is -1.63. The lowest BCUT2D eigenvalue weighted by Crippen LogP contribution is -2.37. The van der Waals surface area contributed by atoms with E-state index in [1.54, 1.807) is 37.4 Å². The summed E-state index contributed by atoms with van der Waals surface area (Å²) >= 11 is 0. The third kappa shape index (κ3) is 2.69. The van der Waals surface area contributed by atoms with Crippen molar-refractivity contribution in [3.8, 4) is 0 Å². The van der Waals surface area contributed by atoms with Crippen molar-refractivity contribution in [2.75, 3.05) is 18.5 Å². The Kier molecular flexibility index (Phi) is 3.18. The number of aromatic nitrogens is 2. The second kappa shape index (κ2) is 4.09. The summed E-state index contributed by atoms with van der Waals surface area (Å²) in [5.74, 6) is 0.182. The lowest BCUT2D eigenvalue weighted by Gasteiger charge is -2.26. The fraction of sp³-hybridized carbons (Fsp3) is 0.667. The van der Waals surface area contributed by atoms with Gasteiger partial charge in [-0.05, 0) is 23.8 Å². The van der Waals surface area contributed by atoms with Crippen molar-refractivity contribution in [2.24, 2.45) is 7.05 Å². The third-order valence-electron chi connectivity index (χ3n) is 2.05. The number of aryl methyl sites for hydroxylation is 1. The van der Waals surface area contributed by atoms with E-state index in [0.29, 0.717) is 5.82 Å². The van der Waals surface area contributed by atoms with Gasteiger partial charge in [0.25, 0.3) is 0 Å². The van der Waals surface area contributed by atoms with Crippen LogP contribution in [0.5, 0.6) is 0 Å². The first-order valence-electron chi connectivity index (χ1n) is 4.81. The van der Waals surface area contributed by atoms with Gasteiger partial charge in [-0.15, -0.1) is 0 Å². The Morgan fingerprint density at radius 1 is 1.69 bits per heavy atom. The maximum absolute atomic E-state index is 10.7. The number of hydrogen-bond acceptors (Lipinski definition) is 5. The van der Waals surface area contributed by atoms with Gasteiger partial charge >= 0.3 is 5.82 Å². The number of nitro groups is 1. The molecule has 0 aromatic carbocycles. The summed E-state index contributed by atoms with van der Waals surface area (Å²) in [7, 11) is 3.36. The molecule has 0 saturated carbocycles. The Bertz CT molecular complexity index is 394. The minimum absolute atomic E-state index is 0.200. The van der Waals surface area contributed by atoms with Crippen LogP contribution in [0, 0.1) is 10.1 Å². The molecule has 7 heteroatoms. The number of rotatable bonds is 4. The van der Waals surface area contributed by atoms with E-state index in [-0.39, 0.29) is 12.4 Å². The molecule has 0 atom stereocenters. The lowest BCUT2D eigenvalue weighted by molar-refractivity contribution is -0.388. The van der Waals surface area contributed by atoms with Crippen molar-refractivity contribution in [1.82, 2.24) is 9.55 Å². The molecule has 16 heavy (non-hydrogen) atoms. The minimum Gasteiger partial charge on any atom is -0.389 e. The van der Waals surface area contributed by atoms with E-state index in [9.17, 15) is 15.2 Å². The highest BCUT2D eigenvalue weighted by Gasteiger charge is 2.26. The second-order valence-electron chi connectivity index (χ2n) is 4.43. The van der Waals surface area contributed by atoms with Gasteiger partial charge in [0.15, 0.2) is 0 Å². The average molecular weight is 228 g/mol. The Balaban J connectivity index is 3.03. The van der Waals surface area contributed by atoms with E-state index in [1.165, 1.54) is 6.33 Å². The van der Waals surface area contributed by atoms with Gasteiger partial charge in [0.2, 0.25) is 12.1 Å². The van der Waals surface area contributed by atoms with Crippen LogP contribution in [0.25, 0.3) is 0 Å². The Morgan fingerprint density at radius 3 is 2.69 bits per heavy atom. The number of nitrogens with zero attached hydrogens (tertiary/aromatic N) is 4. The highest BCUT2D eigenvalue weighted by atomic mass is 16.6. The number of likely N-dealkylation sites (N-methyl/N-ethyl adjacent to an activating group) is 1. The van der Waals surface area contributed by atoms with Gasteiger partial charge in [-0.1, -0.05) is 0 Å². The normalized spacial score (nSPS) is 11.6. The van der Waals surface area contributed by atoms with Crippen LogP contribution < -0.4 is 4.90 Å². The second-order valence-corrected chi connectivity index (χ2v) is 4.43. The van der Waals surface area contributed by atoms with Gasteiger partial charge in [-0.3, -0.25) is 4.57 Å². The minimum atomic E-state index is -0.924. The zero-order valence-electron chi connectivity index (χ0n) is 9.84. The molecule has 0 aliphatic heterocycles. The van der Waals surface area contributed by atoms with Crippen LogP contribution in [0.4, 0.5) is 11.6 Å². The topological polar surface area (TPSA) is 84.4 Å². The van der Waals surface area contributed by atoms with Crippen molar-refractivity contribution in [1.29, 1.82) is 0 Å². The summed E-state index contributed by atoms with van der Waals surface area (Å²) in [6.07, 6.45) is 1.38. The summed E-state index contributed by atoms with van der Waals surface area (Å²) in [5.41, 5.74) is -0.924. The van der Waals surface area contributed by atoms with Crippen molar-refractivity contribution >= 4 is 11.6 Å². The zero-order valence-corrected chi connectivity index (χ0v) is 9.84. The quantitative estimate of drug-likeness (QED) is 0.600. The molecule has 1 heterocycles. The SMILES string of the molecule is CN(CC(C)(C)O)c1c([N+](=O)[O-])ncn1C. The van der Waals surface area contributed by atoms with Crippen LogP contribution in [0.2, 0.25) is 0 Å². The molecule has 1 aromatic rings. The van der Waals surface area contributed by atoms with Gasteiger partial charge in [-0.2, -0.15) is 0 Å². The molecule has 0 radical (unpaired) electrons. The number of hydrogen-bond donors (Lipinski definition) is 1. The molecule has 7 nitrogen and oxygen atoms in total. The van der Waals surface area contributed by atoms with Gasteiger partial charge in [-0.25, -0.2) is 0 Å². The van der Waals surface area contributed by atoms with E-state index in [0.717, 1.165) is 0 Å². The zero-order chi connectivity index (χ0) is 12.5. The molecule has 90 valence electrons. The molecule has 0 fully saturated rings.